The van der Waals surface area contributed by atoms with Gasteiger partial charge in [-0.1, -0.05) is 31.0 Å². The van der Waals surface area contributed by atoms with Crippen molar-refractivity contribution in [2.45, 2.75) is 48.3 Å². The van der Waals surface area contributed by atoms with Crippen LogP contribution in [0.1, 0.15) is 48.9 Å². The maximum Gasteiger partial charge on any atom is 0.293 e. The monoisotopic (exact) mass is 594 g/mol. The molecule has 9 nitrogen and oxygen atoms in total. The minimum Gasteiger partial charge on any atom is -0.379 e. The van der Waals surface area contributed by atoms with Crippen LogP contribution in [-0.4, -0.2) is 44.6 Å². The van der Waals surface area contributed by atoms with Gasteiger partial charge in [-0.3, -0.25) is 14.9 Å². The second-order valence-corrected chi connectivity index (χ2v) is 13.6. The summed E-state index contributed by atoms with van der Waals surface area (Å²) in [5, 5.41) is 14.7. The molecule has 0 radical (unpaired) electrons. The average molecular weight is 595 g/mol. The van der Waals surface area contributed by atoms with Gasteiger partial charge in [0, 0.05) is 47.6 Å². The second-order valence-electron chi connectivity index (χ2n) is 10.7. The highest BCUT2D eigenvalue weighted by atomic mass is 32.2. The molecule has 41 heavy (non-hydrogen) atoms. The quantitative estimate of drug-likeness (QED) is 0.125. The summed E-state index contributed by atoms with van der Waals surface area (Å²) >= 11 is 1.60. The Morgan fingerprint density at radius 1 is 0.951 bits per heavy atom. The van der Waals surface area contributed by atoms with E-state index in [1.165, 1.54) is 50.7 Å². The second kappa shape index (κ2) is 12.5. The van der Waals surface area contributed by atoms with Crippen molar-refractivity contribution in [3.8, 4) is 0 Å². The van der Waals surface area contributed by atoms with Gasteiger partial charge in [-0.25, -0.2) is 13.1 Å². The smallest absolute Gasteiger partial charge is 0.293 e. The summed E-state index contributed by atoms with van der Waals surface area (Å²) in [6.45, 7) is 2.41. The van der Waals surface area contributed by atoms with E-state index >= 15 is 0 Å². The van der Waals surface area contributed by atoms with Gasteiger partial charge in [0.25, 0.3) is 21.6 Å². The van der Waals surface area contributed by atoms with Crippen LogP contribution in [-0.2, 0) is 10.0 Å². The van der Waals surface area contributed by atoms with E-state index in [2.05, 4.69) is 14.9 Å². The first kappa shape index (κ1) is 28.9. The van der Waals surface area contributed by atoms with Crippen molar-refractivity contribution in [2.75, 3.05) is 35.6 Å². The molecule has 216 valence electrons. The van der Waals surface area contributed by atoms with E-state index in [0.29, 0.717) is 17.7 Å². The minimum absolute atomic E-state index is 0.199. The largest absolute Gasteiger partial charge is 0.379 e. The highest BCUT2D eigenvalue weighted by Crippen LogP contribution is 2.46. The fourth-order valence-corrected chi connectivity index (χ4v) is 7.56. The molecule has 3 aromatic rings. The fraction of sp³-hybridized carbons (Fsp3) is 0.367. The van der Waals surface area contributed by atoms with Gasteiger partial charge in [0.15, 0.2) is 0 Å². The van der Waals surface area contributed by atoms with Gasteiger partial charge in [-0.05, 0) is 79.6 Å². The van der Waals surface area contributed by atoms with Crippen molar-refractivity contribution in [3.63, 3.8) is 0 Å². The van der Waals surface area contributed by atoms with Gasteiger partial charge in [0.2, 0.25) is 0 Å². The normalized spacial score (nSPS) is 16.4. The summed E-state index contributed by atoms with van der Waals surface area (Å²) in [5.41, 5.74) is 1.55. The third-order valence-corrected chi connectivity index (χ3v) is 10.5. The first-order valence-electron chi connectivity index (χ1n) is 13.9. The molecule has 0 atom stereocenters. The third-order valence-electron chi connectivity index (χ3n) is 8.12. The third kappa shape index (κ3) is 7.02. The van der Waals surface area contributed by atoms with E-state index in [1.54, 1.807) is 23.9 Å². The number of sulfonamides is 1. The number of nitrogens with zero attached hydrogens (tertiary/aromatic N) is 2. The molecule has 5 rings (SSSR count). The zero-order chi connectivity index (χ0) is 28.9. The van der Waals surface area contributed by atoms with Crippen LogP contribution < -0.4 is 14.9 Å². The van der Waals surface area contributed by atoms with Crippen molar-refractivity contribution >= 4 is 44.8 Å². The Kier molecular flexibility index (Phi) is 8.84. The minimum atomic E-state index is -4.33. The Hall–Kier alpha value is -3.57. The maximum atomic E-state index is 13.0. The van der Waals surface area contributed by atoms with E-state index in [4.69, 9.17) is 0 Å². The molecule has 1 aliphatic heterocycles. The lowest BCUT2D eigenvalue weighted by Crippen LogP contribution is -2.38. The lowest BCUT2D eigenvalue weighted by atomic mass is 9.77. The summed E-state index contributed by atoms with van der Waals surface area (Å²) < 4.78 is 28.0. The van der Waals surface area contributed by atoms with E-state index < -0.39 is 20.9 Å². The Balaban J connectivity index is 1.19. The number of benzene rings is 3. The number of carbonyl (C=O) groups is 1. The van der Waals surface area contributed by atoms with Crippen molar-refractivity contribution in [3.05, 3.63) is 88.5 Å². The molecule has 0 aromatic heterocycles. The first-order valence-corrected chi connectivity index (χ1v) is 16.3. The van der Waals surface area contributed by atoms with Crippen LogP contribution in [0.2, 0.25) is 0 Å². The summed E-state index contributed by atoms with van der Waals surface area (Å²) in [6, 6.07) is 20.3. The summed E-state index contributed by atoms with van der Waals surface area (Å²) in [5.74, 6) is -0.128. The predicted octanol–water partition coefficient (Wildman–Crippen LogP) is 6.08. The maximum absolute atomic E-state index is 13.0. The highest BCUT2D eigenvalue weighted by Gasteiger charge is 2.37. The van der Waals surface area contributed by atoms with Crippen molar-refractivity contribution in [2.24, 2.45) is 5.41 Å². The number of nitro benzene ring substituents is 1. The number of carbonyl (C=O) groups excluding carboxylic acids is 1. The standard InChI is InChI=1S/C30H34N4O5S2/c35-29(23-8-10-24(11-9-23)33-19-16-30(17-20-33)14-4-5-15-30)32-41(38,39)26-12-13-27(28(22-26)34(36)37)31-18-21-40-25-6-2-1-3-7-25/h1-3,6-13,22,31H,4-5,14-21H2,(H,32,35). The molecule has 1 saturated heterocycles. The molecule has 1 aliphatic carbocycles. The SMILES string of the molecule is O=C(NS(=O)(=O)c1ccc(NCCSc2ccccc2)c([N+](=O)[O-])c1)c1ccc(N2CCC3(CCCC3)CC2)cc1. The molecule has 11 heteroatoms. The lowest BCUT2D eigenvalue weighted by molar-refractivity contribution is -0.384. The van der Waals surface area contributed by atoms with Crippen LogP contribution in [0, 0.1) is 15.5 Å². The number of piperidine rings is 1. The average Bonchev–Trinajstić information content (AvgIpc) is 3.43. The van der Waals surface area contributed by atoms with Crippen molar-refractivity contribution in [1.82, 2.24) is 4.72 Å². The van der Waals surface area contributed by atoms with Gasteiger partial charge in [-0.15, -0.1) is 11.8 Å². The molecule has 1 amide bonds. The lowest BCUT2D eigenvalue weighted by Gasteiger charge is -2.40. The number of hydrogen-bond donors (Lipinski definition) is 2. The van der Waals surface area contributed by atoms with E-state index in [0.717, 1.165) is 29.7 Å². The molecule has 1 heterocycles. The molecular weight excluding hydrogens is 560 g/mol. The Labute approximate surface area is 244 Å². The molecule has 2 fully saturated rings. The Morgan fingerprint density at radius 2 is 1.63 bits per heavy atom. The van der Waals surface area contributed by atoms with Crippen LogP contribution in [0.15, 0.2) is 82.6 Å². The molecular formula is C30H34N4O5S2. The number of amides is 1. The van der Waals surface area contributed by atoms with Crippen molar-refractivity contribution < 1.29 is 18.1 Å². The predicted molar refractivity (Wildman–Crippen MR) is 162 cm³/mol. The highest BCUT2D eigenvalue weighted by molar-refractivity contribution is 7.99. The topological polar surface area (TPSA) is 122 Å². The zero-order valence-corrected chi connectivity index (χ0v) is 24.4. The van der Waals surface area contributed by atoms with E-state index in [9.17, 15) is 23.3 Å². The summed E-state index contributed by atoms with van der Waals surface area (Å²) in [7, 11) is -4.33. The van der Waals surface area contributed by atoms with Crippen molar-refractivity contribution in [1.29, 1.82) is 0 Å². The van der Waals surface area contributed by atoms with Gasteiger partial charge >= 0.3 is 0 Å². The number of thioether (sulfide) groups is 1. The van der Waals surface area contributed by atoms with Crippen LogP contribution in [0.4, 0.5) is 17.1 Å². The van der Waals surface area contributed by atoms with E-state index in [-0.39, 0.29) is 21.8 Å². The van der Waals surface area contributed by atoms with Crippen LogP contribution >= 0.6 is 11.8 Å². The number of hydrogen-bond acceptors (Lipinski definition) is 8. The first-order chi connectivity index (χ1) is 19.7. The summed E-state index contributed by atoms with van der Waals surface area (Å²) in [4.78, 5) is 26.9. The number of nitrogens with one attached hydrogen (secondary N) is 2. The summed E-state index contributed by atoms with van der Waals surface area (Å²) in [6.07, 6.45) is 7.67. The molecule has 1 saturated carbocycles. The molecule has 3 aromatic carbocycles. The molecule has 2 aliphatic rings. The Morgan fingerprint density at radius 3 is 2.29 bits per heavy atom. The molecule has 1 spiro atoms. The number of rotatable bonds is 10. The number of nitro groups is 1. The van der Waals surface area contributed by atoms with Crippen LogP contribution in [0.3, 0.4) is 0 Å². The van der Waals surface area contributed by atoms with Crippen LogP contribution in [0.25, 0.3) is 0 Å². The number of anilines is 2. The van der Waals surface area contributed by atoms with Crippen LogP contribution in [0.5, 0.6) is 0 Å². The van der Waals surface area contributed by atoms with E-state index in [1.807, 2.05) is 42.5 Å². The fourth-order valence-electron chi connectivity index (χ4n) is 5.78. The molecule has 2 N–H and O–H groups in total. The molecule has 0 bridgehead atoms. The van der Waals surface area contributed by atoms with Gasteiger partial charge in [0.1, 0.15) is 5.69 Å². The Bertz CT molecular complexity index is 1480. The van der Waals surface area contributed by atoms with Gasteiger partial charge in [-0.2, -0.15) is 0 Å². The van der Waals surface area contributed by atoms with Gasteiger partial charge in [0.05, 0.1) is 9.82 Å². The zero-order valence-electron chi connectivity index (χ0n) is 22.8. The molecule has 0 unspecified atom stereocenters. The van der Waals surface area contributed by atoms with Gasteiger partial charge < -0.3 is 10.2 Å².